The van der Waals surface area contributed by atoms with E-state index in [9.17, 15) is 9.59 Å². The van der Waals surface area contributed by atoms with E-state index in [1.54, 1.807) is 6.92 Å². The van der Waals surface area contributed by atoms with Gasteiger partial charge in [0.1, 0.15) is 0 Å². The van der Waals surface area contributed by atoms with Crippen LogP contribution in [-0.2, 0) is 9.59 Å². The topological polar surface area (TPSA) is 92.4 Å². The van der Waals surface area contributed by atoms with Crippen LogP contribution >= 0.6 is 0 Å². The van der Waals surface area contributed by atoms with Crippen molar-refractivity contribution in [2.75, 3.05) is 6.54 Å². The van der Waals surface area contributed by atoms with Crippen LogP contribution in [0.3, 0.4) is 0 Å². The molecule has 0 unspecified atom stereocenters. The average molecular weight is 272 g/mol. The molecule has 0 fully saturated rings. The normalized spacial score (nSPS) is 17.3. The van der Waals surface area contributed by atoms with E-state index in [0.29, 0.717) is 12.5 Å². The van der Waals surface area contributed by atoms with Gasteiger partial charge in [0.2, 0.25) is 5.91 Å². The van der Waals surface area contributed by atoms with Gasteiger partial charge in [0, 0.05) is 6.54 Å². The van der Waals surface area contributed by atoms with Gasteiger partial charge in [-0.2, -0.15) is 0 Å². The third kappa shape index (κ3) is 7.15. The van der Waals surface area contributed by atoms with Gasteiger partial charge >= 0.3 is 5.97 Å². The van der Waals surface area contributed by atoms with Crippen molar-refractivity contribution in [3.63, 3.8) is 0 Å². The van der Waals surface area contributed by atoms with Crippen molar-refractivity contribution in [2.45, 2.75) is 53.0 Å². The number of nitrogens with one attached hydrogen (secondary N) is 1. The molecule has 5 nitrogen and oxygen atoms in total. The number of hydrogen-bond acceptors (Lipinski definition) is 3. The second-order valence-electron chi connectivity index (χ2n) is 5.52. The summed E-state index contributed by atoms with van der Waals surface area (Å²) in [5, 5.41) is 11.7. The molecule has 1 amide bonds. The predicted octanol–water partition coefficient (Wildman–Crippen LogP) is 1.61. The summed E-state index contributed by atoms with van der Waals surface area (Å²) in [5.74, 6) is -0.408. The zero-order valence-electron chi connectivity index (χ0n) is 12.5. The molecule has 0 radical (unpaired) electrons. The van der Waals surface area contributed by atoms with Crippen LogP contribution in [0.5, 0.6) is 0 Å². The van der Waals surface area contributed by atoms with Crippen molar-refractivity contribution in [3.05, 3.63) is 0 Å². The number of aliphatic carboxylic acids is 1. The monoisotopic (exact) mass is 272 g/mol. The highest BCUT2D eigenvalue weighted by atomic mass is 16.4. The van der Waals surface area contributed by atoms with Crippen LogP contribution in [0.2, 0.25) is 0 Å². The summed E-state index contributed by atoms with van der Waals surface area (Å²) in [6.07, 6.45) is 2.23. The first-order valence-corrected chi connectivity index (χ1v) is 7.04. The van der Waals surface area contributed by atoms with Crippen LogP contribution in [0.15, 0.2) is 0 Å². The number of carbonyl (C=O) groups is 2. The number of carbonyl (C=O) groups excluding carboxylic acids is 1. The van der Waals surface area contributed by atoms with Gasteiger partial charge in [-0.3, -0.25) is 9.59 Å². The van der Waals surface area contributed by atoms with E-state index in [4.69, 9.17) is 10.8 Å². The highest BCUT2D eigenvalue weighted by Crippen LogP contribution is 2.26. The molecule has 0 aliphatic carbocycles. The van der Waals surface area contributed by atoms with Gasteiger partial charge in [-0.15, -0.1) is 0 Å². The molecule has 112 valence electrons. The molecule has 0 aromatic carbocycles. The second-order valence-corrected chi connectivity index (χ2v) is 5.52. The maximum absolute atomic E-state index is 11.5. The first-order chi connectivity index (χ1) is 8.79. The van der Waals surface area contributed by atoms with Gasteiger partial charge in [-0.1, -0.05) is 33.6 Å². The molecule has 19 heavy (non-hydrogen) atoms. The van der Waals surface area contributed by atoms with E-state index in [1.807, 2.05) is 0 Å². The maximum atomic E-state index is 11.5. The van der Waals surface area contributed by atoms with E-state index in [2.05, 4.69) is 26.1 Å². The zero-order chi connectivity index (χ0) is 15.0. The number of hydrogen-bond donors (Lipinski definition) is 3. The van der Waals surface area contributed by atoms with E-state index >= 15 is 0 Å². The number of carboxylic acids is 1. The van der Waals surface area contributed by atoms with Crippen molar-refractivity contribution in [2.24, 2.45) is 23.5 Å². The Hall–Kier alpha value is -1.10. The Morgan fingerprint density at radius 3 is 2.26 bits per heavy atom. The fourth-order valence-electron chi connectivity index (χ4n) is 2.24. The summed E-state index contributed by atoms with van der Waals surface area (Å²) in [7, 11) is 0. The van der Waals surface area contributed by atoms with Crippen LogP contribution in [0.25, 0.3) is 0 Å². The van der Waals surface area contributed by atoms with Gasteiger partial charge < -0.3 is 16.2 Å². The Labute approximate surface area is 115 Å². The number of carboxylic acid groups (broad SMARTS) is 1. The summed E-state index contributed by atoms with van der Waals surface area (Å²) in [5.41, 5.74) is 5.48. The molecule has 0 rings (SSSR count). The molecule has 0 aromatic heterocycles. The molecule has 5 heteroatoms. The van der Waals surface area contributed by atoms with Gasteiger partial charge in [0.25, 0.3) is 0 Å². The van der Waals surface area contributed by atoms with Gasteiger partial charge in [0.15, 0.2) is 0 Å². The molecule has 0 saturated carbocycles. The number of rotatable bonds is 9. The van der Waals surface area contributed by atoms with Crippen LogP contribution in [0.1, 0.15) is 47.0 Å². The largest absolute Gasteiger partial charge is 0.481 e. The molecule has 4 atom stereocenters. The molecule has 0 spiro atoms. The lowest BCUT2D eigenvalue weighted by Crippen LogP contribution is -2.42. The molecule has 0 saturated heterocycles. The van der Waals surface area contributed by atoms with E-state index in [1.165, 1.54) is 0 Å². The van der Waals surface area contributed by atoms with Crippen molar-refractivity contribution >= 4 is 11.9 Å². The third-order valence-corrected chi connectivity index (χ3v) is 3.77. The standard InChI is InChI=1S/C14H28N2O3/c1-5-6-9(2)10(3)12(7-13(17)18)8-16-14(19)11(4)15/h9-12H,5-8,15H2,1-4H3,(H,16,19)(H,17,18)/t9-,10-,11+,12+/m1/s1. The summed E-state index contributed by atoms with van der Waals surface area (Å²) in [6, 6.07) is -0.561. The Kier molecular flexibility index (Phi) is 8.39. The predicted molar refractivity (Wildman–Crippen MR) is 75.6 cm³/mol. The molecule has 0 heterocycles. The fourth-order valence-corrected chi connectivity index (χ4v) is 2.24. The van der Waals surface area contributed by atoms with Crippen LogP contribution < -0.4 is 11.1 Å². The highest BCUT2D eigenvalue weighted by Gasteiger charge is 2.25. The zero-order valence-corrected chi connectivity index (χ0v) is 12.5. The SMILES string of the molecule is CCC[C@@H](C)[C@@H](C)[C@H](CNC(=O)[C@H](C)N)CC(=O)O. The van der Waals surface area contributed by atoms with Gasteiger partial charge in [0.05, 0.1) is 12.5 Å². The lowest BCUT2D eigenvalue weighted by atomic mass is 9.80. The van der Waals surface area contributed by atoms with E-state index in [0.717, 1.165) is 12.8 Å². The smallest absolute Gasteiger partial charge is 0.303 e. The lowest BCUT2D eigenvalue weighted by Gasteiger charge is -2.28. The molecule has 4 N–H and O–H groups in total. The molecule has 0 bridgehead atoms. The van der Waals surface area contributed by atoms with Crippen molar-refractivity contribution in [3.8, 4) is 0 Å². The fraction of sp³-hybridized carbons (Fsp3) is 0.857. The molecular formula is C14H28N2O3. The van der Waals surface area contributed by atoms with Crippen molar-refractivity contribution < 1.29 is 14.7 Å². The van der Waals surface area contributed by atoms with Gasteiger partial charge in [-0.25, -0.2) is 0 Å². The minimum Gasteiger partial charge on any atom is -0.481 e. The first-order valence-electron chi connectivity index (χ1n) is 7.04. The van der Waals surface area contributed by atoms with Crippen LogP contribution in [-0.4, -0.2) is 29.6 Å². The summed E-state index contributed by atoms with van der Waals surface area (Å²) in [4.78, 5) is 22.4. The molecular weight excluding hydrogens is 244 g/mol. The Morgan fingerprint density at radius 2 is 1.84 bits per heavy atom. The van der Waals surface area contributed by atoms with E-state index in [-0.39, 0.29) is 24.2 Å². The van der Waals surface area contributed by atoms with Crippen molar-refractivity contribution in [1.82, 2.24) is 5.32 Å². The number of amides is 1. The Bertz CT molecular complexity index is 292. The number of nitrogens with two attached hydrogens (primary N) is 1. The summed E-state index contributed by atoms with van der Waals surface area (Å²) >= 11 is 0. The Morgan fingerprint density at radius 1 is 1.26 bits per heavy atom. The molecule has 0 aromatic rings. The first kappa shape index (κ1) is 17.9. The average Bonchev–Trinajstić information content (AvgIpc) is 2.32. The minimum absolute atomic E-state index is 0.0539. The molecule has 0 aliphatic heterocycles. The minimum atomic E-state index is -0.824. The van der Waals surface area contributed by atoms with Crippen molar-refractivity contribution in [1.29, 1.82) is 0 Å². The highest BCUT2D eigenvalue weighted by molar-refractivity contribution is 5.81. The maximum Gasteiger partial charge on any atom is 0.303 e. The van der Waals surface area contributed by atoms with Gasteiger partial charge in [-0.05, 0) is 24.7 Å². The summed E-state index contributed by atoms with van der Waals surface area (Å²) < 4.78 is 0. The van der Waals surface area contributed by atoms with Crippen LogP contribution in [0, 0.1) is 17.8 Å². The third-order valence-electron chi connectivity index (χ3n) is 3.77. The second kappa shape index (κ2) is 8.91. The Balaban J connectivity index is 4.53. The van der Waals surface area contributed by atoms with E-state index < -0.39 is 12.0 Å². The lowest BCUT2D eigenvalue weighted by molar-refractivity contribution is -0.139. The molecule has 0 aliphatic rings. The van der Waals surface area contributed by atoms with Crippen LogP contribution in [0.4, 0.5) is 0 Å². The quantitative estimate of drug-likeness (QED) is 0.594. The summed E-state index contributed by atoms with van der Waals surface area (Å²) in [6.45, 7) is 8.31.